The van der Waals surface area contributed by atoms with Crippen LogP contribution >= 0.6 is 0 Å². The molecule has 0 unspecified atom stereocenters. The first-order valence-corrected chi connectivity index (χ1v) is 7.56. The van der Waals surface area contributed by atoms with Crippen LogP contribution in [0, 0.1) is 13.8 Å². The summed E-state index contributed by atoms with van der Waals surface area (Å²) in [5, 5.41) is 2.93. The van der Waals surface area contributed by atoms with Gasteiger partial charge in [-0.05, 0) is 32.9 Å². The molecule has 0 aliphatic carbocycles. The van der Waals surface area contributed by atoms with Gasteiger partial charge in [0.1, 0.15) is 11.5 Å². The smallest absolute Gasteiger partial charge is 0.272 e. The molecular formula is C19H20N2O2. The summed E-state index contributed by atoms with van der Waals surface area (Å²) in [6.07, 6.45) is 0. The molecule has 4 heteroatoms. The molecule has 2 heterocycles. The number of amides is 1. The van der Waals surface area contributed by atoms with Gasteiger partial charge in [-0.15, -0.1) is 0 Å². The van der Waals surface area contributed by atoms with Crippen molar-refractivity contribution in [1.82, 2.24) is 4.57 Å². The number of aryl methyl sites for hydroxylation is 2. The Morgan fingerprint density at radius 2 is 1.91 bits per heavy atom. The first-order valence-electron chi connectivity index (χ1n) is 7.56. The van der Waals surface area contributed by atoms with E-state index in [1.165, 1.54) is 0 Å². The third-order valence-electron chi connectivity index (χ3n) is 3.68. The molecule has 3 aromatic rings. The highest BCUT2D eigenvalue weighted by atomic mass is 16.3. The molecule has 0 aliphatic rings. The molecule has 0 atom stereocenters. The van der Waals surface area contributed by atoms with E-state index in [4.69, 9.17) is 4.42 Å². The van der Waals surface area contributed by atoms with Gasteiger partial charge in [-0.1, -0.05) is 29.8 Å². The summed E-state index contributed by atoms with van der Waals surface area (Å²) in [5.74, 6) is 0.676. The Labute approximate surface area is 135 Å². The number of aromatic nitrogens is 1. The zero-order valence-electron chi connectivity index (χ0n) is 13.6. The number of furan rings is 1. The molecule has 23 heavy (non-hydrogen) atoms. The highest BCUT2D eigenvalue weighted by molar-refractivity contribution is 6.05. The van der Waals surface area contributed by atoms with Gasteiger partial charge in [0.2, 0.25) is 0 Å². The summed E-state index contributed by atoms with van der Waals surface area (Å²) in [6, 6.07) is 11.5. The second-order valence-corrected chi connectivity index (χ2v) is 6.00. The number of hydrogen-bond acceptors (Lipinski definition) is 2. The Bertz CT molecular complexity index is 882. The van der Waals surface area contributed by atoms with Crippen LogP contribution in [-0.4, -0.2) is 10.5 Å². The highest BCUT2D eigenvalue weighted by Gasteiger charge is 2.18. The van der Waals surface area contributed by atoms with Gasteiger partial charge in [-0.3, -0.25) is 4.79 Å². The zero-order chi connectivity index (χ0) is 16.6. The van der Waals surface area contributed by atoms with Crippen molar-refractivity contribution in [1.29, 1.82) is 0 Å². The molecular weight excluding hydrogens is 288 g/mol. The molecule has 3 rings (SSSR count). The lowest BCUT2D eigenvalue weighted by Gasteiger charge is -2.10. The van der Waals surface area contributed by atoms with Crippen LogP contribution in [0.15, 0.2) is 53.0 Å². The molecule has 0 saturated heterocycles. The summed E-state index contributed by atoms with van der Waals surface area (Å²) in [4.78, 5) is 12.7. The van der Waals surface area contributed by atoms with Crippen molar-refractivity contribution in [2.45, 2.75) is 27.3 Å². The molecule has 1 amide bonds. The first kappa shape index (κ1) is 15.2. The van der Waals surface area contributed by atoms with Gasteiger partial charge in [0.25, 0.3) is 5.91 Å². The zero-order valence-corrected chi connectivity index (χ0v) is 13.6. The monoisotopic (exact) mass is 308 g/mol. The third-order valence-corrected chi connectivity index (χ3v) is 3.68. The van der Waals surface area contributed by atoms with E-state index in [-0.39, 0.29) is 5.91 Å². The van der Waals surface area contributed by atoms with E-state index in [1.807, 2.05) is 55.7 Å². The van der Waals surface area contributed by atoms with E-state index >= 15 is 0 Å². The number of rotatable bonds is 4. The summed E-state index contributed by atoms with van der Waals surface area (Å²) < 4.78 is 7.60. The van der Waals surface area contributed by atoms with Gasteiger partial charge in [0.15, 0.2) is 5.58 Å². The van der Waals surface area contributed by atoms with Crippen LogP contribution in [0.1, 0.15) is 28.7 Å². The van der Waals surface area contributed by atoms with E-state index in [2.05, 4.69) is 11.9 Å². The number of nitrogens with one attached hydrogen (secondary N) is 1. The minimum atomic E-state index is -0.154. The quantitative estimate of drug-likeness (QED) is 0.711. The molecule has 0 radical (unpaired) electrons. The lowest BCUT2D eigenvalue weighted by Crippen LogP contribution is -2.17. The number of carbonyl (C=O) groups excluding carboxylic acids is 1. The topological polar surface area (TPSA) is 47.2 Å². The summed E-state index contributed by atoms with van der Waals surface area (Å²) >= 11 is 0. The molecule has 0 saturated carbocycles. The summed E-state index contributed by atoms with van der Waals surface area (Å²) in [5.41, 5.74) is 5.11. The van der Waals surface area contributed by atoms with E-state index in [0.29, 0.717) is 12.2 Å². The number of nitrogens with zero attached hydrogens (tertiary/aromatic N) is 1. The van der Waals surface area contributed by atoms with Crippen molar-refractivity contribution in [3.8, 4) is 0 Å². The number of allylic oxidation sites excluding steroid dienone is 1. The predicted molar refractivity (Wildman–Crippen MR) is 92.9 cm³/mol. The molecule has 4 nitrogen and oxygen atoms in total. The van der Waals surface area contributed by atoms with Crippen LogP contribution in [0.5, 0.6) is 0 Å². The number of benzene rings is 1. The lowest BCUT2D eigenvalue weighted by atomic mass is 10.2. The van der Waals surface area contributed by atoms with Crippen molar-refractivity contribution < 1.29 is 9.21 Å². The van der Waals surface area contributed by atoms with E-state index in [0.717, 1.165) is 33.7 Å². The normalized spacial score (nSPS) is 10.9. The van der Waals surface area contributed by atoms with Crippen LogP contribution in [-0.2, 0) is 6.54 Å². The Morgan fingerprint density at radius 1 is 1.22 bits per heavy atom. The molecule has 0 spiro atoms. The largest absolute Gasteiger partial charge is 0.460 e. The Morgan fingerprint density at radius 3 is 2.57 bits per heavy atom. The lowest BCUT2D eigenvalue weighted by molar-refractivity contribution is 0.101. The molecule has 2 aromatic heterocycles. The number of carbonyl (C=O) groups is 1. The van der Waals surface area contributed by atoms with Crippen LogP contribution in [0.25, 0.3) is 11.1 Å². The fraction of sp³-hybridized carbons (Fsp3) is 0.211. The number of anilines is 1. The van der Waals surface area contributed by atoms with Crippen molar-refractivity contribution in [3.05, 3.63) is 65.6 Å². The second kappa shape index (κ2) is 5.80. The molecule has 0 bridgehead atoms. The molecule has 0 fully saturated rings. The van der Waals surface area contributed by atoms with Crippen LogP contribution in [0.3, 0.4) is 0 Å². The summed E-state index contributed by atoms with van der Waals surface area (Å²) in [6.45, 7) is 10.4. The van der Waals surface area contributed by atoms with E-state index in [9.17, 15) is 4.79 Å². The maximum atomic E-state index is 12.7. The fourth-order valence-electron chi connectivity index (χ4n) is 2.63. The Balaban J connectivity index is 1.97. The standard InChI is InChI=1S/C19H20N2O2/c1-12(2)11-21-16-9-14(4)23-18(16)10-17(21)19(22)20-15-7-5-13(3)6-8-15/h5-10H,1,11H2,2-4H3,(H,20,22). The number of hydrogen-bond donors (Lipinski definition) is 1. The predicted octanol–water partition coefficient (Wildman–Crippen LogP) is 4.68. The van der Waals surface area contributed by atoms with Gasteiger partial charge in [-0.25, -0.2) is 0 Å². The number of fused-ring (bicyclic) bond motifs is 1. The van der Waals surface area contributed by atoms with E-state index < -0.39 is 0 Å². The second-order valence-electron chi connectivity index (χ2n) is 6.00. The molecule has 118 valence electrons. The molecule has 0 aliphatic heterocycles. The average Bonchev–Trinajstić information content (AvgIpc) is 2.99. The minimum absolute atomic E-state index is 0.154. The maximum Gasteiger partial charge on any atom is 0.272 e. The van der Waals surface area contributed by atoms with E-state index in [1.54, 1.807) is 6.07 Å². The van der Waals surface area contributed by atoms with Gasteiger partial charge in [0, 0.05) is 24.4 Å². The average molecular weight is 308 g/mol. The molecule has 1 N–H and O–H groups in total. The van der Waals surface area contributed by atoms with Crippen LogP contribution < -0.4 is 5.32 Å². The van der Waals surface area contributed by atoms with Crippen molar-refractivity contribution in [2.75, 3.05) is 5.32 Å². The van der Waals surface area contributed by atoms with Gasteiger partial charge in [-0.2, -0.15) is 0 Å². The third kappa shape index (κ3) is 3.06. The summed E-state index contributed by atoms with van der Waals surface area (Å²) in [7, 11) is 0. The minimum Gasteiger partial charge on any atom is -0.460 e. The van der Waals surface area contributed by atoms with Crippen LogP contribution in [0.4, 0.5) is 5.69 Å². The van der Waals surface area contributed by atoms with Gasteiger partial charge in [0.05, 0.1) is 5.52 Å². The maximum absolute atomic E-state index is 12.7. The Kier molecular flexibility index (Phi) is 3.82. The SMILES string of the molecule is C=C(C)Cn1c(C(=O)Nc2ccc(C)cc2)cc2oc(C)cc21. The first-order chi connectivity index (χ1) is 10.9. The van der Waals surface area contributed by atoms with Crippen molar-refractivity contribution in [3.63, 3.8) is 0 Å². The fourth-order valence-corrected chi connectivity index (χ4v) is 2.63. The van der Waals surface area contributed by atoms with Crippen LogP contribution in [0.2, 0.25) is 0 Å². The Hall–Kier alpha value is -2.75. The van der Waals surface area contributed by atoms with Gasteiger partial charge < -0.3 is 14.3 Å². The van der Waals surface area contributed by atoms with Gasteiger partial charge >= 0.3 is 0 Å². The highest BCUT2D eigenvalue weighted by Crippen LogP contribution is 2.25. The molecule has 1 aromatic carbocycles. The van der Waals surface area contributed by atoms with Crippen molar-refractivity contribution in [2.24, 2.45) is 0 Å². The van der Waals surface area contributed by atoms with Crippen molar-refractivity contribution >= 4 is 22.7 Å².